The number of aliphatic hydroxyl groups excluding tert-OH is 1. The molecule has 0 spiro atoms. The Bertz CT molecular complexity index is 774. The van der Waals surface area contributed by atoms with Crippen LogP contribution in [0.2, 0.25) is 0 Å². The number of aromatic hydroxyl groups is 1. The molecule has 0 aliphatic carbocycles. The second-order valence-electron chi connectivity index (χ2n) is 7.49. The van der Waals surface area contributed by atoms with Crippen molar-refractivity contribution in [1.82, 2.24) is 5.32 Å². The van der Waals surface area contributed by atoms with E-state index in [0.29, 0.717) is 36.7 Å². The average Bonchev–Trinajstić information content (AvgIpc) is 2.66. The third kappa shape index (κ3) is 4.84. The highest BCUT2D eigenvalue weighted by Gasteiger charge is 2.24. The van der Waals surface area contributed by atoms with Gasteiger partial charge in [-0.15, -0.1) is 0 Å². The largest absolute Gasteiger partial charge is 0.508 e. The molecule has 2 aromatic carbocycles. The van der Waals surface area contributed by atoms with Crippen molar-refractivity contribution in [2.75, 3.05) is 32.1 Å². The van der Waals surface area contributed by atoms with Gasteiger partial charge in [0.2, 0.25) is 0 Å². The summed E-state index contributed by atoms with van der Waals surface area (Å²) in [7, 11) is 1.65. The van der Waals surface area contributed by atoms with Crippen LogP contribution in [0.3, 0.4) is 0 Å². The Labute approximate surface area is 160 Å². The van der Waals surface area contributed by atoms with Crippen molar-refractivity contribution in [2.45, 2.75) is 31.9 Å². The summed E-state index contributed by atoms with van der Waals surface area (Å²) in [5, 5.41) is 27.3. The smallest absolute Gasteiger partial charge is 0.148 e. The number of anilines is 1. The first kappa shape index (κ1) is 19.3. The summed E-state index contributed by atoms with van der Waals surface area (Å²) >= 11 is 0. The Morgan fingerprint density at radius 3 is 2.70 bits per heavy atom. The number of β-amino-alcohol motifs (C(OH)–C–C–N with tert-alkyl or cyclic N) is 1. The zero-order valence-electron chi connectivity index (χ0n) is 16.1. The molecule has 1 aliphatic rings. The molecule has 0 fully saturated rings. The number of nitrogens with one attached hydrogen (secondary N) is 2. The third-order valence-corrected chi connectivity index (χ3v) is 4.70. The fourth-order valence-corrected chi connectivity index (χ4v) is 3.31. The predicted molar refractivity (Wildman–Crippen MR) is 106 cm³/mol. The number of hydrogen-bond acceptors (Lipinski definition) is 6. The molecule has 27 heavy (non-hydrogen) atoms. The maximum Gasteiger partial charge on any atom is 0.148 e. The molecule has 6 heteroatoms. The lowest BCUT2D eigenvalue weighted by molar-refractivity contribution is 0.155. The van der Waals surface area contributed by atoms with Crippen LogP contribution in [-0.2, 0) is 6.42 Å². The minimum atomic E-state index is -0.791. The SMILES string of the molecule is COc1ccc(CC(C)(C)NC[C@H](O)c2cc(O)cc3c2OCCN3)cc1. The summed E-state index contributed by atoms with van der Waals surface area (Å²) < 4.78 is 10.9. The van der Waals surface area contributed by atoms with E-state index in [4.69, 9.17) is 9.47 Å². The van der Waals surface area contributed by atoms with Crippen LogP contribution in [-0.4, -0.2) is 42.6 Å². The van der Waals surface area contributed by atoms with Gasteiger partial charge in [0.25, 0.3) is 0 Å². The van der Waals surface area contributed by atoms with Crippen LogP contribution >= 0.6 is 0 Å². The molecule has 0 amide bonds. The number of hydrogen-bond donors (Lipinski definition) is 4. The van der Waals surface area contributed by atoms with Crippen LogP contribution in [0.1, 0.15) is 31.1 Å². The Morgan fingerprint density at radius 2 is 2.00 bits per heavy atom. The second-order valence-corrected chi connectivity index (χ2v) is 7.49. The minimum absolute atomic E-state index is 0.110. The van der Waals surface area contributed by atoms with E-state index >= 15 is 0 Å². The van der Waals surface area contributed by atoms with E-state index in [-0.39, 0.29) is 11.3 Å². The van der Waals surface area contributed by atoms with Crippen molar-refractivity contribution in [3.05, 3.63) is 47.5 Å². The van der Waals surface area contributed by atoms with E-state index in [1.807, 2.05) is 24.3 Å². The van der Waals surface area contributed by atoms with Gasteiger partial charge in [-0.05, 0) is 44.0 Å². The molecular formula is C21H28N2O4. The van der Waals surface area contributed by atoms with Gasteiger partial charge in [-0.2, -0.15) is 0 Å². The Hall–Kier alpha value is -2.44. The van der Waals surface area contributed by atoms with Gasteiger partial charge < -0.3 is 30.3 Å². The normalized spacial score (nSPS) is 14.7. The molecule has 1 heterocycles. The summed E-state index contributed by atoms with van der Waals surface area (Å²) in [6.07, 6.45) is 0.0146. The first-order valence-corrected chi connectivity index (χ1v) is 9.17. The van der Waals surface area contributed by atoms with E-state index in [2.05, 4.69) is 24.5 Å². The fourth-order valence-electron chi connectivity index (χ4n) is 3.31. The zero-order valence-corrected chi connectivity index (χ0v) is 16.1. The van der Waals surface area contributed by atoms with E-state index < -0.39 is 6.10 Å². The highest BCUT2D eigenvalue weighted by Crippen LogP contribution is 2.38. The van der Waals surface area contributed by atoms with Crippen LogP contribution in [0.25, 0.3) is 0 Å². The lowest BCUT2D eigenvalue weighted by Crippen LogP contribution is -2.43. The third-order valence-electron chi connectivity index (χ3n) is 4.70. The lowest BCUT2D eigenvalue weighted by atomic mass is 9.94. The molecule has 0 bridgehead atoms. The van der Waals surface area contributed by atoms with Gasteiger partial charge in [-0.3, -0.25) is 0 Å². The minimum Gasteiger partial charge on any atom is -0.508 e. The van der Waals surface area contributed by atoms with Gasteiger partial charge in [-0.1, -0.05) is 12.1 Å². The van der Waals surface area contributed by atoms with Gasteiger partial charge in [0, 0.05) is 30.3 Å². The maximum atomic E-state index is 10.7. The van der Waals surface area contributed by atoms with Gasteiger partial charge in [0.1, 0.15) is 23.9 Å². The maximum absolute atomic E-state index is 10.7. The van der Waals surface area contributed by atoms with Crippen molar-refractivity contribution in [3.63, 3.8) is 0 Å². The molecule has 6 nitrogen and oxygen atoms in total. The summed E-state index contributed by atoms with van der Waals surface area (Å²) in [6, 6.07) is 11.2. The molecule has 1 aliphatic heterocycles. The first-order valence-electron chi connectivity index (χ1n) is 9.17. The summed E-state index contributed by atoms with van der Waals surface area (Å²) in [4.78, 5) is 0. The quantitative estimate of drug-likeness (QED) is 0.598. The highest BCUT2D eigenvalue weighted by atomic mass is 16.5. The summed E-state index contributed by atoms with van der Waals surface area (Å²) in [5.41, 5.74) is 2.27. The van der Waals surface area contributed by atoms with Gasteiger partial charge in [0.05, 0.1) is 18.9 Å². The monoisotopic (exact) mass is 372 g/mol. The number of methoxy groups -OCH3 is 1. The van der Waals surface area contributed by atoms with E-state index in [1.165, 1.54) is 5.56 Å². The number of ether oxygens (including phenoxy) is 2. The molecule has 0 unspecified atom stereocenters. The molecule has 4 N–H and O–H groups in total. The standard InChI is InChI=1S/C21H28N2O4/c1-21(2,12-14-4-6-16(26-3)7-5-14)23-13-19(25)17-10-15(24)11-18-20(17)27-9-8-22-18/h4-7,10-11,19,22-25H,8-9,12-13H2,1-3H3/t19-/m0/s1. The number of fused-ring (bicyclic) bond motifs is 1. The van der Waals surface area contributed by atoms with E-state index in [1.54, 1.807) is 19.2 Å². The number of aliphatic hydroxyl groups is 1. The summed E-state index contributed by atoms with van der Waals surface area (Å²) in [6.45, 7) is 5.76. The molecule has 146 valence electrons. The molecular weight excluding hydrogens is 344 g/mol. The molecule has 0 aromatic heterocycles. The summed E-state index contributed by atoms with van der Waals surface area (Å²) in [5.74, 6) is 1.56. The van der Waals surface area contributed by atoms with Crippen LogP contribution in [0, 0.1) is 0 Å². The molecule has 0 saturated heterocycles. The molecule has 1 atom stereocenters. The lowest BCUT2D eigenvalue weighted by Gasteiger charge is -2.29. The number of phenolic OH excluding ortho intramolecular Hbond substituents is 1. The van der Waals surface area contributed by atoms with Crippen molar-refractivity contribution in [2.24, 2.45) is 0 Å². The van der Waals surface area contributed by atoms with Crippen LogP contribution < -0.4 is 20.1 Å². The predicted octanol–water partition coefficient (Wildman–Crippen LogP) is 2.85. The second kappa shape index (κ2) is 8.06. The van der Waals surface area contributed by atoms with E-state index in [9.17, 15) is 10.2 Å². The van der Waals surface area contributed by atoms with Crippen LogP contribution in [0.15, 0.2) is 36.4 Å². The van der Waals surface area contributed by atoms with Crippen LogP contribution in [0.4, 0.5) is 5.69 Å². The molecule has 3 rings (SSSR count). The highest BCUT2D eigenvalue weighted by molar-refractivity contribution is 5.65. The van der Waals surface area contributed by atoms with Crippen molar-refractivity contribution in [1.29, 1.82) is 0 Å². The molecule has 0 saturated carbocycles. The zero-order chi connectivity index (χ0) is 19.4. The number of benzene rings is 2. The fraction of sp³-hybridized carbons (Fsp3) is 0.429. The van der Waals surface area contributed by atoms with Gasteiger partial charge in [0.15, 0.2) is 0 Å². The Balaban J connectivity index is 1.65. The number of rotatable bonds is 7. The molecule has 0 radical (unpaired) electrons. The van der Waals surface area contributed by atoms with Gasteiger partial charge in [-0.25, -0.2) is 0 Å². The topological polar surface area (TPSA) is 83.0 Å². The van der Waals surface area contributed by atoms with Crippen molar-refractivity contribution < 1.29 is 19.7 Å². The average molecular weight is 372 g/mol. The van der Waals surface area contributed by atoms with Crippen molar-refractivity contribution >= 4 is 5.69 Å². The van der Waals surface area contributed by atoms with E-state index in [0.717, 1.165) is 12.2 Å². The van der Waals surface area contributed by atoms with Crippen molar-refractivity contribution in [3.8, 4) is 17.2 Å². The Morgan fingerprint density at radius 1 is 1.26 bits per heavy atom. The first-order chi connectivity index (χ1) is 12.9. The van der Waals surface area contributed by atoms with Gasteiger partial charge >= 0.3 is 0 Å². The number of phenols is 1. The Kier molecular flexibility index (Phi) is 5.77. The van der Waals surface area contributed by atoms with Crippen LogP contribution in [0.5, 0.6) is 17.2 Å². The molecule has 2 aromatic rings.